The van der Waals surface area contributed by atoms with Gasteiger partial charge in [0.25, 0.3) is 0 Å². The maximum Gasteiger partial charge on any atom is 0.422 e. The Hall–Kier alpha value is -1.89. The normalized spacial score (nSPS) is 32.8. The van der Waals surface area contributed by atoms with Crippen molar-refractivity contribution in [1.29, 1.82) is 0 Å². The molecular weight excluding hydrogens is 254 g/mol. The van der Waals surface area contributed by atoms with E-state index in [0.717, 1.165) is 6.42 Å². The van der Waals surface area contributed by atoms with Gasteiger partial charge in [-0.05, 0) is 13.3 Å². The molecule has 3 aliphatic heterocycles. The lowest BCUT2D eigenvalue weighted by Crippen LogP contribution is -2.47. The lowest BCUT2D eigenvalue weighted by atomic mass is 9.95. The van der Waals surface area contributed by atoms with Crippen molar-refractivity contribution in [2.24, 2.45) is 5.92 Å². The number of ether oxygens (including phenoxy) is 3. The molecule has 3 heterocycles. The number of fused-ring (bicyclic) bond motifs is 3. The molecule has 0 aromatic rings. The molecule has 7 heteroatoms. The summed E-state index contributed by atoms with van der Waals surface area (Å²) in [6.07, 6.45) is 2.11. The highest BCUT2D eigenvalue weighted by atomic mass is 16.8. The van der Waals surface area contributed by atoms with Crippen LogP contribution in [0.25, 0.3) is 0 Å². The molecule has 7 nitrogen and oxygen atoms in total. The van der Waals surface area contributed by atoms with Crippen LogP contribution in [0.5, 0.6) is 0 Å². The summed E-state index contributed by atoms with van der Waals surface area (Å²) in [6.45, 7) is 3.22. The fourth-order valence-corrected chi connectivity index (χ4v) is 2.84. The van der Waals surface area contributed by atoms with Crippen molar-refractivity contribution in [3.8, 4) is 0 Å². The Morgan fingerprint density at radius 1 is 1.47 bits per heavy atom. The summed E-state index contributed by atoms with van der Waals surface area (Å²) in [5, 5.41) is 0. The third-order valence-electron chi connectivity index (χ3n) is 3.60. The molecule has 0 aromatic carbocycles. The van der Waals surface area contributed by atoms with Crippen LogP contribution in [0.2, 0.25) is 0 Å². The van der Waals surface area contributed by atoms with Crippen LogP contribution in [0.4, 0.5) is 0 Å². The average molecular weight is 267 g/mol. The molecule has 19 heavy (non-hydrogen) atoms. The summed E-state index contributed by atoms with van der Waals surface area (Å²) < 4.78 is 15.0. The van der Waals surface area contributed by atoms with Crippen LogP contribution in [-0.4, -0.2) is 48.4 Å². The first-order valence-corrected chi connectivity index (χ1v) is 6.17. The van der Waals surface area contributed by atoms with E-state index in [9.17, 15) is 14.4 Å². The summed E-state index contributed by atoms with van der Waals surface area (Å²) in [5.74, 6) is -4.04. The van der Waals surface area contributed by atoms with Gasteiger partial charge >= 0.3 is 23.8 Å². The second-order valence-corrected chi connectivity index (χ2v) is 4.64. The van der Waals surface area contributed by atoms with E-state index >= 15 is 0 Å². The van der Waals surface area contributed by atoms with Crippen LogP contribution in [0, 0.1) is 5.92 Å². The predicted octanol–water partition coefficient (Wildman–Crippen LogP) is -0.435. The highest BCUT2D eigenvalue weighted by molar-refractivity contribution is 6.31. The molecule has 0 aromatic heterocycles. The average Bonchev–Trinajstić information content (AvgIpc) is 2.99. The molecule has 0 N–H and O–H groups in total. The zero-order chi connectivity index (χ0) is 13.6. The molecule has 1 spiro atoms. The summed E-state index contributed by atoms with van der Waals surface area (Å²) in [6, 6.07) is 0. The van der Waals surface area contributed by atoms with Gasteiger partial charge in [-0.2, -0.15) is 0 Å². The topological polar surface area (TPSA) is 82.1 Å². The van der Waals surface area contributed by atoms with E-state index in [1.807, 2.05) is 0 Å². The standard InChI is InChI=1S/C12H13NO6/c1-2-17-9(14)5-8-7-3-4-13(6-7)12(8)18-10(15)11(16)19-12/h5,7H,2-4,6H2,1H3/b8-5+. The van der Waals surface area contributed by atoms with Crippen LogP contribution in [0.15, 0.2) is 11.6 Å². The molecule has 3 aliphatic rings. The maximum atomic E-state index is 11.6. The first kappa shape index (κ1) is 12.2. The number of esters is 3. The van der Waals surface area contributed by atoms with Crippen molar-refractivity contribution in [1.82, 2.24) is 4.90 Å². The molecule has 0 radical (unpaired) electrons. The number of hydrogen-bond donors (Lipinski definition) is 0. The number of carbonyl (C=O) groups is 3. The van der Waals surface area contributed by atoms with Gasteiger partial charge in [-0.25, -0.2) is 19.3 Å². The minimum Gasteiger partial charge on any atom is -0.463 e. The van der Waals surface area contributed by atoms with Crippen LogP contribution in [0.3, 0.4) is 0 Å². The van der Waals surface area contributed by atoms with E-state index in [0.29, 0.717) is 18.7 Å². The maximum absolute atomic E-state index is 11.6. The van der Waals surface area contributed by atoms with Crippen molar-refractivity contribution in [2.45, 2.75) is 19.3 Å². The van der Waals surface area contributed by atoms with Gasteiger partial charge in [0, 0.05) is 30.7 Å². The van der Waals surface area contributed by atoms with Crippen molar-refractivity contribution >= 4 is 17.9 Å². The van der Waals surface area contributed by atoms with Crippen molar-refractivity contribution in [3.63, 3.8) is 0 Å². The summed E-state index contributed by atoms with van der Waals surface area (Å²) in [4.78, 5) is 35.9. The van der Waals surface area contributed by atoms with Crippen molar-refractivity contribution < 1.29 is 28.6 Å². The number of hydrogen-bond acceptors (Lipinski definition) is 7. The van der Waals surface area contributed by atoms with E-state index in [1.54, 1.807) is 11.8 Å². The molecule has 2 bridgehead atoms. The van der Waals surface area contributed by atoms with Gasteiger partial charge in [-0.15, -0.1) is 0 Å². The van der Waals surface area contributed by atoms with Gasteiger partial charge in [0.05, 0.1) is 6.61 Å². The lowest BCUT2D eigenvalue weighted by molar-refractivity contribution is -0.216. The van der Waals surface area contributed by atoms with Crippen molar-refractivity contribution in [2.75, 3.05) is 19.7 Å². The molecule has 3 saturated heterocycles. The Kier molecular flexibility index (Phi) is 2.60. The SMILES string of the molecule is CCOC(=O)/C=C1\C2CCN(C2)C12OC(=O)C(=O)O2. The smallest absolute Gasteiger partial charge is 0.422 e. The molecule has 2 unspecified atom stereocenters. The Bertz CT molecular complexity index is 480. The Balaban J connectivity index is 1.95. The van der Waals surface area contributed by atoms with Gasteiger partial charge in [0.15, 0.2) is 0 Å². The monoisotopic (exact) mass is 267 g/mol. The van der Waals surface area contributed by atoms with Crippen LogP contribution < -0.4 is 0 Å². The van der Waals surface area contributed by atoms with Crippen LogP contribution in [-0.2, 0) is 28.6 Å². The first-order chi connectivity index (χ1) is 9.06. The van der Waals surface area contributed by atoms with Crippen LogP contribution in [0.1, 0.15) is 13.3 Å². The predicted molar refractivity (Wildman–Crippen MR) is 59.3 cm³/mol. The summed E-state index contributed by atoms with van der Waals surface area (Å²) >= 11 is 0. The Morgan fingerprint density at radius 3 is 2.79 bits per heavy atom. The van der Waals surface area contributed by atoms with E-state index in [1.165, 1.54) is 6.08 Å². The highest BCUT2D eigenvalue weighted by Crippen LogP contribution is 2.48. The van der Waals surface area contributed by atoms with E-state index in [2.05, 4.69) is 0 Å². The molecular formula is C12H13NO6. The lowest BCUT2D eigenvalue weighted by Gasteiger charge is -2.33. The zero-order valence-corrected chi connectivity index (χ0v) is 10.4. The number of rotatable bonds is 2. The number of piperidine rings is 1. The molecule has 3 rings (SSSR count). The van der Waals surface area contributed by atoms with Gasteiger partial charge in [-0.3, -0.25) is 0 Å². The minimum atomic E-state index is -1.51. The number of carbonyl (C=O) groups excluding carboxylic acids is 3. The molecule has 102 valence electrons. The Labute approximate surface area is 109 Å². The van der Waals surface area contributed by atoms with E-state index in [4.69, 9.17) is 14.2 Å². The third kappa shape index (κ3) is 1.65. The first-order valence-electron chi connectivity index (χ1n) is 6.17. The summed E-state index contributed by atoms with van der Waals surface area (Å²) in [5.41, 5.74) is 0.497. The molecule has 3 fully saturated rings. The number of nitrogens with zero attached hydrogens (tertiary/aromatic N) is 1. The minimum absolute atomic E-state index is 0.0445. The van der Waals surface area contributed by atoms with Crippen LogP contribution >= 0.6 is 0 Å². The molecule has 0 aliphatic carbocycles. The fraction of sp³-hybridized carbons (Fsp3) is 0.583. The van der Waals surface area contributed by atoms with Gasteiger partial charge in [-0.1, -0.05) is 0 Å². The second kappa shape index (κ2) is 4.06. The second-order valence-electron chi connectivity index (χ2n) is 4.64. The molecule has 0 amide bonds. The largest absolute Gasteiger partial charge is 0.463 e. The molecule has 2 atom stereocenters. The summed E-state index contributed by atoms with van der Waals surface area (Å²) in [7, 11) is 0. The zero-order valence-electron chi connectivity index (χ0n) is 10.4. The fourth-order valence-electron chi connectivity index (χ4n) is 2.84. The highest BCUT2D eigenvalue weighted by Gasteiger charge is 2.64. The molecule has 0 saturated carbocycles. The van der Waals surface area contributed by atoms with E-state index in [-0.39, 0.29) is 12.5 Å². The van der Waals surface area contributed by atoms with E-state index < -0.39 is 23.8 Å². The van der Waals surface area contributed by atoms with Gasteiger partial charge in [0.1, 0.15) is 0 Å². The third-order valence-corrected chi connectivity index (χ3v) is 3.60. The van der Waals surface area contributed by atoms with Gasteiger partial charge < -0.3 is 14.2 Å². The Morgan fingerprint density at radius 2 is 2.16 bits per heavy atom. The van der Waals surface area contributed by atoms with Crippen molar-refractivity contribution in [3.05, 3.63) is 11.6 Å². The van der Waals surface area contributed by atoms with Gasteiger partial charge in [0.2, 0.25) is 0 Å². The quantitative estimate of drug-likeness (QED) is 0.381.